The van der Waals surface area contributed by atoms with Crippen LogP contribution < -0.4 is 20.7 Å². The van der Waals surface area contributed by atoms with Crippen molar-refractivity contribution in [3.8, 4) is 5.75 Å². The fourth-order valence-corrected chi connectivity index (χ4v) is 2.51. The van der Waals surface area contributed by atoms with Crippen molar-refractivity contribution >= 4 is 17.8 Å². The summed E-state index contributed by atoms with van der Waals surface area (Å²) in [6.07, 6.45) is -0.604. The number of hydrogen-bond acceptors (Lipinski definition) is 4. The lowest BCUT2D eigenvalue weighted by Crippen LogP contribution is -2.41. The molecule has 8 heteroatoms. The van der Waals surface area contributed by atoms with E-state index in [1.54, 1.807) is 26.8 Å². The Morgan fingerprint density at radius 2 is 1.76 bits per heavy atom. The number of anilines is 1. The quantitative estimate of drug-likeness (QED) is 0.674. The first kappa shape index (κ1) is 22.0. The second kappa shape index (κ2) is 9.77. The van der Waals surface area contributed by atoms with Gasteiger partial charge in [0.2, 0.25) is 0 Å². The standard InChI is InChI=1S/C21H26FN3O4/c1-21(2,3)29-20(27)25-16(14-9-6-5-7-10-14)13-23-19(26)24-15-11-8-12-17(28-4)18(15)22/h5-12,16H,13H2,1-4H3,(H,25,27)(H2,23,24,26)/t16-/m0/s1. The van der Waals surface area contributed by atoms with Gasteiger partial charge in [0.25, 0.3) is 0 Å². The maximum Gasteiger partial charge on any atom is 0.408 e. The van der Waals surface area contributed by atoms with Crippen molar-refractivity contribution < 1.29 is 23.5 Å². The first-order valence-electron chi connectivity index (χ1n) is 9.11. The van der Waals surface area contributed by atoms with Gasteiger partial charge in [-0.3, -0.25) is 0 Å². The van der Waals surface area contributed by atoms with Crippen molar-refractivity contribution in [1.29, 1.82) is 0 Å². The minimum atomic E-state index is -0.670. The summed E-state index contributed by atoms with van der Waals surface area (Å²) < 4.78 is 24.4. The molecule has 0 unspecified atom stereocenters. The molecule has 0 aliphatic heterocycles. The Morgan fingerprint density at radius 3 is 2.38 bits per heavy atom. The molecule has 0 saturated heterocycles. The van der Waals surface area contributed by atoms with Crippen LogP contribution in [0.2, 0.25) is 0 Å². The number of nitrogens with one attached hydrogen (secondary N) is 3. The van der Waals surface area contributed by atoms with E-state index in [2.05, 4.69) is 16.0 Å². The molecule has 7 nitrogen and oxygen atoms in total. The third kappa shape index (κ3) is 6.99. The van der Waals surface area contributed by atoms with Crippen LogP contribution in [0.4, 0.5) is 19.7 Å². The summed E-state index contributed by atoms with van der Waals surface area (Å²) in [6.45, 7) is 5.36. The first-order valence-corrected chi connectivity index (χ1v) is 9.11. The second-order valence-corrected chi connectivity index (χ2v) is 7.27. The number of carbonyl (C=O) groups excluding carboxylic acids is 2. The Labute approximate surface area is 169 Å². The van der Waals surface area contributed by atoms with Crippen LogP contribution in [0.1, 0.15) is 32.4 Å². The molecule has 0 saturated carbocycles. The molecule has 0 aliphatic rings. The van der Waals surface area contributed by atoms with Crippen LogP contribution in [-0.4, -0.2) is 31.4 Å². The molecule has 0 bridgehead atoms. The van der Waals surface area contributed by atoms with Gasteiger partial charge in [0.05, 0.1) is 18.8 Å². The van der Waals surface area contributed by atoms with E-state index >= 15 is 0 Å². The van der Waals surface area contributed by atoms with Crippen LogP contribution in [0, 0.1) is 5.82 Å². The van der Waals surface area contributed by atoms with Crippen LogP contribution in [-0.2, 0) is 4.74 Å². The SMILES string of the molecule is COc1cccc(NC(=O)NC[C@H](NC(=O)OC(C)(C)C)c2ccccc2)c1F. The number of amides is 3. The molecule has 0 heterocycles. The summed E-state index contributed by atoms with van der Waals surface area (Å²) in [6, 6.07) is 12.4. The number of alkyl carbamates (subject to hydrolysis) is 1. The zero-order chi connectivity index (χ0) is 21.4. The normalized spacial score (nSPS) is 11.9. The van der Waals surface area contributed by atoms with Gasteiger partial charge in [-0.2, -0.15) is 0 Å². The van der Waals surface area contributed by atoms with E-state index in [9.17, 15) is 14.0 Å². The molecule has 1 atom stereocenters. The highest BCUT2D eigenvalue weighted by Gasteiger charge is 2.21. The van der Waals surface area contributed by atoms with E-state index in [0.717, 1.165) is 5.56 Å². The summed E-state index contributed by atoms with van der Waals surface area (Å²) in [5, 5.41) is 7.81. The molecular weight excluding hydrogens is 377 g/mol. The number of benzene rings is 2. The number of ether oxygens (including phenoxy) is 2. The molecule has 0 aliphatic carbocycles. The molecule has 2 aromatic carbocycles. The molecule has 156 valence electrons. The Kier molecular flexibility index (Phi) is 7.41. The van der Waals surface area contributed by atoms with E-state index < -0.39 is 29.6 Å². The van der Waals surface area contributed by atoms with Gasteiger partial charge in [-0.15, -0.1) is 0 Å². The van der Waals surface area contributed by atoms with Gasteiger partial charge in [-0.1, -0.05) is 36.4 Å². The Balaban J connectivity index is 2.03. The molecule has 0 radical (unpaired) electrons. The Bertz CT molecular complexity index is 838. The summed E-state index contributed by atoms with van der Waals surface area (Å²) in [4.78, 5) is 24.4. The molecule has 29 heavy (non-hydrogen) atoms. The van der Waals surface area contributed by atoms with Crippen molar-refractivity contribution in [2.75, 3.05) is 19.0 Å². The lowest BCUT2D eigenvalue weighted by Gasteiger charge is -2.24. The minimum absolute atomic E-state index is 0.0155. The average Bonchev–Trinajstić information content (AvgIpc) is 2.66. The second-order valence-electron chi connectivity index (χ2n) is 7.27. The highest BCUT2D eigenvalue weighted by Crippen LogP contribution is 2.23. The van der Waals surface area contributed by atoms with E-state index in [1.807, 2.05) is 30.3 Å². The van der Waals surface area contributed by atoms with Gasteiger partial charge < -0.3 is 25.4 Å². The molecule has 2 aromatic rings. The lowest BCUT2D eigenvalue weighted by atomic mass is 10.1. The maximum absolute atomic E-state index is 14.2. The number of hydrogen-bond donors (Lipinski definition) is 3. The average molecular weight is 403 g/mol. The Morgan fingerprint density at radius 1 is 1.07 bits per heavy atom. The number of carbonyl (C=O) groups is 2. The molecule has 3 N–H and O–H groups in total. The van der Waals surface area contributed by atoms with Crippen molar-refractivity contribution in [3.05, 3.63) is 59.9 Å². The zero-order valence-corrected chi connectivity index (χ0v) is 16.9. The van der Waals surface area contributed by atoms with Crippen LogP contribution in [0.15, 0.2) is 48.5 Å². The molecule has 3 amide bonds. The van der Waals surface area contributed by atoms with Gasteiger partial charge in [0.1, 0.15) is 5.60 Å². The maximum atomic E-state index is 14.2. The monoisotopic (exact) mass is 403 g/mol. The number of halogens is 1. The minimum Gasteiger partial charge on any atom is -0.494 e. The van der Waals surface area contributed by atoms with Crippen molar-refractivity contribution in [2.24, 2.45) is 0 Å². The molecule has 0 spiro atoms. The van der Waals surface area contributed by atoms with Crippen molar-refractivity contribution in [3.63, 3.8) is 0 Å². The summed E-state index contributed by atoms with van der Waals surface area (Å²) in [7, 11) is 1.34. The predicted octanol–water partition coefficient (Wildman–Crippen LogP) is 4.22. The van der Waals surface area contributed by atoms with Crippen LogP contribution in [0.25, 0.3) is 0 Å². The number of methoxy groups -OCH3 is 1. The molecular formula is C21H26FN3O4. The van der Waals surface area contributed by atoms with Crippen LogP contribution in [0.5, 0.6) is 5.75 Å². The van der Waals surface area contributed by atoms with Crippen LogP contribution >= 0.6 is 0 Å². The molecule has 0 fully saturated rings. The lowest BCUT2D eigenvalue weighted by molar-refractivity contribution is 0.0503. The van der Waals surface area contributed by atoms with Gasteiger partial charge in [0.15, 0.2) is 11.6 Å². The van der Waals surface area contributed by atoms with Gasteiger partial charge in [0, 0.05) is 6.54 Å². The third-order valence-electron chi connectivity index (χ3n) is 3.79. The van der Waals surface area contributed by atoms with E-state index in [1.165, 1.54) is 19.2 Å². The first-order chi connectivity index (χ1) is 13.7. The van der Waals surface area contributed by atoms with Gasteiger partial charge >= 0.3 is 12.1 Å². The van der Waals surface area contributed by atoms with E-state index in [-0.39, 0.29) is 18.0 Å². The predicted molar refractivity (Wildman–Crippen MR) is 109 cm³/mol. The fourth-order valence-electron chi connectivity index (χ4n) is 2.51. The van der Waals surface area contributed by atoms with Crippen molar-refractivity contribution in [1.82, 2.24) is 10.6 Å². The third-order valence-corrected chi connectivity index (χ3v) is 3.79. The van der Waals surface area contributed by atoms with Gasteiger partial charge in [-0.05, 0) is 38.5 Å². The smallest absolute Gasteiger partial charge is 0.408 e. The largest absolute Gasteiger partial charge is 0.494 e. The summed E-state index contributed by atoms with van der Waals surface area (Å²) >= 11 is 0. The van der Waals surface area contributed by atoms with Crippen LogP contribution in [0.3, 0.4) is 0 Å². The molecule has 2 rings (SSSR count). The van der Waals surface area contributed by atoms with E-state index in [0.29, 0.717) is 0 Å². The van der Waals surface area contributed by atoms with E-state index in [4.69, 9.17) is 9.47 Å². The summed E-state index contributed by atoms with van der Waals surface area (Å²) in [5.74, 6) is -0.645. The fraction of sp³-hybridized carbons (Fsp3) is 0.333. The molecule has 0 aromatic heterocycles. The highest BCUT2D eigenvalue weighted by atomic mass is 19.1. The number of rotatable bonds is 6. The zero-order valence-electron chi connectivity index (χ0n) is 16.9. The topological polar surface area (TPSA) is 88.7 Å². The highest BCUT2D eigenvalue weighted by molar-refractivity contribution is 5.89. The van der Waals surface area contributed by atoms with Crippen molar-refractivity contribution in [2.45, 2.75) is 32.4 Å². The van der Waals surface area contributed by atoms with Gasteiger partial charge in [-0.25, -0.2) is 14.0 Å². The Hall–Kier alpha value is -3.29. The summed E-state index contributed by atoms with van der Waals surface area (Å²) in [5.41, 5.74) is 0.115. The number of urea groups is 1.